The molecule has 0 amide bonds. The van der Waals surface area contributed by atoms with Crippen molar-refractivity contribution in [2.24, 2.45) is 0 Å². The Morgan fingerprint density at radius 3 is 2.53 bits per heavy atom. The molecule has 0 aliphatic carbocycles. The number of anilines is 1. The lowest BCUT2D eigenvalue weighted by Crippen LogP contribution is -2.61. The summed E-state index contributed by atoms with van der Waals surface area (Å²) in [6, 6.07) is 4.87. The lowest BCUT2D eigenvalue weighted by atomic mass is 9.90. The van der Waals surface area contributed by atoms with Crippen LogP contribution >= 0.6 is 0 Å². The van der Waals surface area contributed by atoms with Gasteiger partial charge in [-0.1, -0.05) is 6.92 Å². The van der Waals surface area contributed by atoms with E-state index in [9.17, 15) is 18.3 Å². The number of nitrogens with zero attached hydrogens (tertiary/aromatic N) is 2. The lowest BCUT2D eigenvalue weighted by Gasteiger charge is -2.47. The minimum atomic E-state index is -4.46. The van der Waals surface area contributed by atoms with E-state index in [1.165, 1.54) is 6.07 Å². The summed E-state index contributed by atoms with van der Waals surface area (Å²) in [6.45, 7) is 2.52. The van der Waals surface area contributed by atoms with Gasteiger partial charge in [0.2, 0.25) is 0 Å². The third kappa shape index (κ3) is 2.51. The van der Waals surface area contributed by atoms with Crippen molar-refractivity contribution in [1.82, 2.24) is 0 Å². The Hall–Kier alpha value is -1.74. The summed E-state index contributed by atoms with van der Waals surface area (Å²) >= 11 is 0. The van der Waals surface area contributed by atoms with Crippen molar-refractivity contribution in [3.63, 3.8) is 0 Å². The molecule has 2 rings (SSSR count). The Morgan fingerprint density at radius 2 is 2.05 bits per heavy atom. The molecule has 19 heavy (non-hydrogen) atoms. The van der Waals surface area contributed by atoms with Crippen LogP contribution in [-0.2, 0) is 6.18 Å². The molecule has 1 N–H and O–H groups in total. The summed E-state index contributed by atoms with van der Waals surface area (Å²) in [5, 5.41) is 18.9. The van der Waals surface area contributed by atoms with E-state index in [1.54, 1.807) is 11.0 Å². The van der Waals surface area contributed by atoms with Crippen molar-refractivity contribution in [2.45, 2.75) is 25.1 Å². The van der Waals surface area contributed by atoms with Gasteiger partial charge in [0.05, 0.1) is 22.4 Å². The highest BCUT2D eigenvalue weighted by Crippen LogP contribution is 2.36. The number of halogens is 3. The van der Waals surface area contributed by atoms with Gasteiger partial charge in [-0.25, -0.2) is 0 Å². The first-order chi connectivity index (χ1) is 8.79. The Labute approximate surface area is 108 Å². The van der Waals surface area contributed by atoms with Crippen LogP contribution in [0.4, 0.5) is 18.9 Å². The third-order valence-electron chi connectivity index (χ3n) is 3.41. The molecule has 0 radical (unpaired) electrons. The van der Waals surface area contributed by atoms with Crippen LogP contribution in [0.15, 0.2) is 18.2 Å². The van der Waals surface area contributed by atoms with E-state index in [4.69, 9.17) is 5.26 Å². The molecule has 0 aromatic heterocycles. The largest absolute Gasteiger partial charge is 0.416 e. The average Bonchev–Trinajstić information content (AvgIpc) is 2.33. The second kappa shape index (κ2) is 4.42. The molecule has 1 aliphatic rings. The SMILES string of the molecule is CCC1(O)CN(c2ccc(C(F)(F)F)cc2C#N)C1. The van der Waals surface area contributed by atoms with Crippen LogP contribution in [0.5, 0.6) is 0 Å². The summed E-state index contributed by atoms with van der Waals surface area (Å²) < 4.78 is 37.6. The van der Waals surface area contributed by atoms with Crippen LogP contribution in [0.3, 0.4) is 0 Å². The fourth-order valence-corrected chi connectivity index (χ4v) is 2.14. The first-order valence-electron chi connectivity index (χ1n) is 5.88. The monoisotopic (exact) mass is 270 g/mol. The van der Waals surface area contributed by atoms with Gasteiger partial charge in [-0.15, -0.1) is 0 Å². The Bertz CT molecular complexity index is 528. The van der Waals surface area contributed by atoms with Crippen LogP contribution in [0.25, 0.3) is 0 Å². The van der Waals surface area contributed by atoms with Crippen LogP contribution in [0.2, 0.25) is 0 Å². The maximum Gasteiger partial charge on any atom is 0.416 e. The maximum atomic E-state index is 12.5. The third-order valence-corrected chi connectivity index (χ3v) is 3.41. The number of aliphatic hydroxyl groups is 1. The number of nitriles is 1. The molecule has 1 heterocycles. The van der Waals surface area contributed by atoms with Crippen molar-refractivity contribution < 1.29 is 18.3 Å². The zero-order valence-electron chi connectivity index (χ0n) is 10.3. The minimum Gasteiger partial charge on any atom is -0.386 e. The number of β-amino-alcohol motifs (C(OH)–C–C–N with tert-alkyl or cyclic N) is 1. The van der Waals surface area contributed by atoms with Gasteiger partial charge in [0, 0.05) is 13.1 Å². The van der Waals surface area contributed by atoms with Crippen molar-refractivity contribution in [3.05, 3.63) is 29.3 Å². The maximum absolute atomic E-state index is 12.5. The Morgan fingerprint density at radius 1 is 1.42 bits per heavy atom. The molecule has 0 spiro atoms. The number of hydrogen-bond acceptors (Lipinski definition) is 3. The highest BCUT2D eigenvalue weighted by Gasteiger charge is 2.40. The molecule has 1 aromatic rings. The number of benzene rings is 1. The first kappa shape index (κ1) is 13.7. The average molecular weight is 270 g/mol. The van der Waals surface area contributed by atoms with Gasteiger partial charge in [0.1, 0.15) is 6.07 Å². The van der Waals surface area contributed by atoms with Gasteiger partial charge in [0.15, 0.2) is 0 Å². The molecule has 0 unspecified atom stereocenters. The molecule has 6 heteroatoms. The molecule has 1 fully saturated rings. The fourth-order valence-electron chi connectivity index (χ4n) is 2.14. The quantitative estimate of drug-likeness (QED) is 0.898. The van der Waals surface area contributed by atoms with Crippen LogP contribution < -0.4 is 4.90 Å². The normalized spacial score (nSPS) is 17.8. The van der Waals surface area contributed by atoms with Gasteiger partial charge >= 0.3 is 6.18 Å². The second-order valence-electron chi connectivity index (χ2n) is 4.78. The highest BCUT2D eigenvalue weighted by atomic mass is 19.4. The van der Waals surface area contributed by atoms with Crippen LogP contribution in [-0.4, -0.2) is 23.8 Å². The molecule has 0 saturated carbocycles. The molecular formula is C13H13F3N2O. The van der Waals surface area contributed by atoms with Crippen molar-refractivity contribution >= 4 is 5.69 Å². The Kier molecular flexibility index (Phi) is 3.19. The molecule has 1 aliphatic heterocycles. The lowest BCUT2D eigenvalue weighted by molar-refractivity contribution is -0.137. The minimum absolute atomic E-state index is 0.0204. The first-order valence-corrected chi connectivity index (χ1v) is 5.88. The van der Waals surface area contributed by atoms with Crippen molar-refractivity contribution in [2.75, 3.05) is 18.0 Å². The van der Waals surface area contributed by atoms with Crippen LogP contribution in [0, 0.1) is 11.3 Å². The molecule has 0 atom stereocenters. The molecule has 3 nitrogen and oxygen atoms in total. The summed E-state index contributed by atoms with van der Waals surface area (Å²) in [6.07, 6.45) is -3.88. The number of alkyl halides is 3. The fraction of sp³-hybridized carbons (Fsp3) is 0.462. The summed E-state index contributed by atoms with van der Waals surface area (Å²) in [7, 11) is 0. The predicted molar refractivity (Wildman–Crippen MR) is 63.6 cm³/mol. The molecular weight excluding hydrogens is 257 g/mol. The van der Waals surface area contributed by atoms with E-state index in [0.29, 0.717) is 25.2 Å². The summed E-state index contributed by atoms with van der Waals surface area (Å²) in [5.74, 6) is 0. The summed E-state index contributed by atoms with van der Waals surface area (Å²) in [4.78, 5) is 1.71. The standard InChI is InChI=1S/C13H13F3N2O/c1-2-12(19)7-18(8-12)11-4-3-10(13(14,15)16)5-9(11)6-17/h3-5,19H,2,7-8H2,1H3. The van der Waals surface area contributed by atoms with Crippen LogP contribution in [0.1, 0.15) is 24.5 Å². The topological polar surface area (TPSA) is 47.3 Å². The van der Waals surface area contributed by atoms with Gasteiger partial charge in [-0.05, 0) is 24.6 Å². The van der Waals surface area contributed by atoms with Crippen molar-refractivity contribution in [1.29, 1.82) is 5.26 Å². The Balaban J connectivity index is 2.27. The van der Waals surface area contributed by atoms with Gasteiger partial charge in [0.25, 0.3) is 0 Å². The summed E-state index contributed by atoms with van der Waals surface area (Å²) in [5.41, 5.74) is -1.21. The zero-order valence-corrected chi connectivity index (χ0v) is 10.3. The van der Waals surface area contributed by atoms with E-state index in [-0.39, 0.29) is 5.56 Å². The molecule has 1 saturated heterocycles. The van der Waals surface area contributed by atoms with Crippen molar-refractivity contribution in [3.8, 4) is 6.07 Å². The predicted octanol–water partition coefficient (Wildman–Crippen LogP) is 2.54. The smallest absolute Gasteiger partial charge is 0.386 e. The number of hydrogen-bond donors (Lipinski definition) is 1. The second-order valence-corrected chi connectivity index (χ2v) is 4.78. The van der Waals surface area contributed by atoms with E-state index in [0.717, 1.165) is 12.1 Å². The highest BCUT2D eigenvalue weighted by molar-refractivity contribution is 5.62. The van der Waals surface area contributed by atoms with E-state index in [1.807, 2.05) is 6.92 Å². The van der Waals surface area contributed by atoms with Gasteiger partial charge in [-0.3, -0.25) is 0 Å². The van der Waals surface area contributed by atoms with E-state index >= 15 is 0 Å². The molecule has 102 valence electrons. The molecule has 0 bridgehead atoms. The zero-order chi connectivity index (χ0) is 14.3. The number of rotatable bonds is 2. The van der Waals surface area contributed by atoms with Gasteiger partial charge in [-0.2, -0.15) is 18.4 Å². The van der Waals surface area contributed by atoms with Gasteiger partial charge < -0.3 is 10.0 Å². The van der Waals surface area contributed by atoms with E-state index in [2.05, 4.69) is 0 Å². The molecule has 1 aromatic carbocycles. The van der Waals surface area contributed by atoms with E-state index < -0.39 is 17.3 Å².